The first-order valence-electron chi connectivity index (χ1n) is 13.0. The lowest BCUT2D eigenvalue weighted by Crippen LogP contribution is -2.17. The molecule has 0 aliphatic rings. The van der Waals surface area contributed by atoms with E-state index in [9.17, 15) is 4.79 Å². The van der Waals surface area contributed by atoms with Crippen molar-refractivity contribution >= 4 is 39.4 Å². The molecule has 2 aromatic heterocycles. The number of carbonyl (C=O) groups excluding carboxylic acids is 1. The van der Waals surface area contributed by atoms with Crippen molar-refractivity contribution in [2.75, 3.05) is 5.73 Å². The standard InChI is InChI=1S/C33H25N5O2S/c34-29-28-27(24-12-6-2-7-13-24)30(25-14-8-3-9-15-25)36-38-33(28)41-31(29)32(39)37-35-20-22-16-18-26(19-17-22)40-21-23-10-4-1-5-11-23/h1-20H,21,34H2,(H,37,39)/b35-20+. The van der Waals surface area contributed by atoms with Crippen LogP contribution in [0, 0.1) is 0 Å². The maximum Gasteiger partial charge on any atom is 0.283 e. The first-order chi connectivity index (χ1) is 20.2. The summed E-state index contributed by atoms with van der Waals surface area (Å²) >= 11 is 1.20. The summed E-state index contributed by atoms with van der Waals surface area (Å²) < 4.78 is 5.83. The Kier molecular flexibility index (Phi) is 7.46. The number of hydrogen-bond donors (Lipinski definition) is 2. The van der Waals surface area contributed by atoms with Gasteiger partial charge in [0.15, 0.2) is 0 Å². The molecule has 0 saturated heterocycles. The van der Waals surface area contributed by atoms with Gasteiger partial charge in [0, 0.05) is 16.5 Å². The molecule has 41 heavy (non-hydrogen) atoms. The van der Waals surface area contributed by atoms with Crippen molar-refractivity contribution in [3.8, 4) is 28.1 Å². The molecule has 3 N–H and O–H groups in total. The molecular formula is C33H25N5O2S. The fraction of sp³-hybridized carbons (Fsp3) is 0.0303. The van der Waals surface area contributed by atoms with Crippen LogP contribution in [0.5, 0.6) is 5.75 Å². The lowest BCUT2D eigenvalue weighted by Gasteiger charge is -2.11. The van der Waals surface area contributed by atoms with Gasteiger partial charge in [0.05, 0.1) is 11.9 Å². The number of ether oxygens (including phenoxy) is 1. The molecular weight excluding hydrogens is 530 g/mol. The Hall–Kier alpha value is -5.34. The molecule has 8 heteroatoms. The number of thiophene rings is 1. The highest BCUT2D eigenvalue weighted by atomic mass is 32.1. The van der Waals surface area contributed by atoms with Crippen LogP contribution >= 0.6 is 11.3 Å². The summed E-state index contributed by atoms with van der Waals surface area (Å²) in [6.07, 6.45) is 1.57. The summed E-state index contributed by atoms with van der Waals surface area (Å²) in [5, 5.41) is 13.8. The average Bonchev–Trinajstić information content (AvgIpc) is 3.38. The molecule has 0 saturated carbocycles. The van der Waals surface area contributed by atoms with Crippen LogP contribution in [0.4, 0.5) is 5.69 Å². The predicted octanol–water partition coefficient (Wildman–Crippen LogP) is 6.95. The van der Waals surface area contributed by atoms with Crippen molar-refractivity contribution in [1.29, 1.82) is 0 Å². The molecule has 0 aliphatic carbocycles. The number of carbonyl (C=O) groups is 1. The van der Waals surface area contributed by atoms with Crippen LogP contribution in [-0.4, -0.2) is 22.3 Å². The van der Waals surface area contributed by atoms with Crippen LogP contribution < -0.4 is 15.9 Å². The number of hydrazone groups is 1. The highest BCUT2D eigenvalue weighted by Gasteiger charge is 2.23. The zero-order valence-corrected chi connectivity index (χ0v) is 22.7. The Balaban J connectivity index is 1.22. The molecule has 4 aromatic carbocycles. The minimum atomic E-state index is -0.412. The Morgan fingerprint density at radius 3 is 2.15 bits per heavy atom. The first kappa shape index (κ1) is 25.9. The molecule has 0 atom stereocenters. The van der Waals surface area contributed by atoms with Gasteiger partial charge in [-0.3, -0.25) is 4.79 Å². The third-order valence-electron chi connectivity index (χ3n) is 6.48. The van der Waals surface area contributed by atoms with E-state index in [2.05, 4.69) is 20.7 Å². The zero-order chi connectivity index (χ0) is 28.0. The molecule has 0 unspecified atom stereocenters. The van der Waals surface area contributed by atoms with Crippen LogP contribution in [0.15, 0.2) is 120 Å². The summed E-state index contributed by atoms with van der Waals surface area (Å²) in [7, 11) is 0. The fourth-order valence-electron chi connectivity index (χ4n) is 4.47. The highest BCUT2D eigenvalue weighted by Crippen LogP contribution is 2.42. The van der Waals surface area contributed by atoms with Gasteiger partial charge in [0.25, 0.3) is 5.91 Å². The second kappa shape index (κ2) is 11.8. The van der Waals surface area contributed by atoms with Crippen LogP contribution in [-0.2, 0) is 6.61 Å². The Bertz CT molecular complexity index is 1820. The molecule has 0 aliphatic heterocycles. The molecule has 6 rings (SSSR count). The number of fused-ring (bicyclic) bond motifs is 1. The Morgan fingerprint density at radius 2 is 1.46 bits per heavy atom. The molecule has 0 spiro atoms. The predicted molar refractivity (Wildman–Crippen MR) is 165 cm³/mol. The largest absolute Gasteiger partial charge is 0.489 e. The molecule has 2 heterocycles. The van der Waals surface area contributed by atoms with Gasteiger partial charge in [-0.2, -0.15) is 5.10 Å². The monoisotopic (exact) mass is 555 g/mol. The Morgan fingerprint density at radius 1 is 0.829 bits per heavy atom. The number of anilines is 1. The van der Waals surface area contributed by atoms with Crippen molar-refractivity contribution in [2.24, 2.45) is 5.10 Å². The molecule has 0 radical (unpaired) electrons. The number of nitrogen functional groups attached to an aromatic ring is 1. The van der Waals surface area contributed by atoms with E-state index >= 15 is 0 Å². The minimum Gasteiger partial charge on any atom is -0.489 e. The average molecular weight is 556 g/mol. The van der Waals surface area contributed by atoms with Gasteiger partial charge >= 0.3 is 0 Å². The van der Waals surface area contributed by atoms with Crippen LogP contribution in [0.25, 0.3) is 32.6 Å². The topological polar surface area (TPSA) is 102 Å². The quantitative estimate of drug-likeness (QED) is 0.156. The second-order valence-electron chi connectivity index (χ2n) is 9.22. The van der Waals surface area contributed by atoms with Gasteiger partial charge in [-0.05, 0) is 41.0 Å². The van der Waals surface area contributed by atoms with Crippen LogP contribution in [0.3, 0.4) is 0 Å². The molecule has 6 aromatic rings. The van der Waals surface area contributed by atoms with E-state index < -0.39 is 5.91 Å². The van der Waals surface area contributed by atoms with Gasteiger partial charge < -0.3 is 10.5 Å². The van der Waals surface area contributed by atoms with E-state index in [4.69, 9.17) is 10.5 Å². The smallest absolute Gasteiger partial charge is 0.283 e. The van der Waals surface area contributed by atoms with Crippen molar-refractivity contribution < 1.29 is 9.53 Å². The van der Waals surface area contributed by atoms with E-state index in [0.29, 0.717) is 33.1 Å². The van der Waals surface area contributed by atoms with Crippen LogP contribution in [0.2, 0.25) is 0 Å². The fourth-order valence-corrected chi connectivity index (χ4v) is 5.41. The van der Waals surface area contributed by atoms with Gasteiger partial charge in [0.1, 0.15) is 27.8 Å². The summed E-state index contributed by atoms with van der Waals surface area (Å²) in [4.78, 5) is 14.1. The number of nitrogens with one attached hydrogen (secondary N) is 1. The molecule has 1 amide bonds. The highest BCUT2D eigenvalue weighted by molar-refractivity contribution is 7.21. The molecule has 200 valence electrons. The third-order valence-corrected chi connectivity index (χ3v) is 7.57. The van der Waals surface area contributed by atoms with Crippen molar-refractivity contribution in [2.45, 2.75) is 6.61 Å². The van der Waals surface area contributed by atoms with E-state index in [1.54, 1.807) is 6.21 Å². The first-order valence-corrected chi connectivity index (χ1v) is 13.8. The minimum absolute atomic E-state index is 0.332. The zero-order valence-electron chi connectivity index (χ0n) is 21.9. The maximum absolute atomic E-state index is 13.1. The number of nitrogens with zero attached hydrogens (tertiary/aromatic N) is 3. The SMILES string of the molecule is Nc1c(C(=O)N/N=C/c2ccc(OCc3ccccc3)cc2)sc2nnc(-c3ccccc3)c(-c3ccccc3)c12. The summed E-state index contributed by atoms with van der Waals surface area (Å²) in [6, 6.07) is 37.2. The second-order valence-corrected chi connectivity index (χ2v) is 10.2. The number of amides is 1. The van der Waals surface area contributed by atoms with Gasteiger partial charge in [-0.15, -0.1) is 21.5 Å². The Labute approximate surface area is 241 Å². The molecule has 0 fully saturated rings. The number of benzene rings is 4. The van der Waals surface area contributed by atoms with Crippen molar-refractivity contribution in [3.63, 3.8) is 0 Å². The van der Waals surface area contributed by atoms with Crippen LogP contribution in [0.1, 0.15) is 20.8 Å². The molecule has 7 nitrogen and oxygen atoms in total. The summed E-state index contributed by atoms with van der Waals surface area (Å²) in [6.45, 7) is 0.490. The lowest BCUT2D eigenvalue weighted by molar-refractivity contribution is 0.0960. The third kappa shape index (κ3) is 5.68. The van der Waals surface area contributed by atoms with Gasteiger partial charge in [0.2, 0.25) is 0 Å². The van der Waals surface area contributed by atoms with Crippen molar-refractivity contribution in [1.82, 2.24) is 15.6 Å². The molecule has 0 bridgehead atoms. The van der Waals surface area contributed by atoms with E-state index in [-0.39, 0.29) is 0 Å². The van der Waals surface area contributed by atoms with E-state index in [1.807, 2.05) is 115 Å². The number of rotatable bonds is 8. The number of nitrogens with two attached hydrogens (primary N) is 1. The number of aromatic nitrogens is 2. The normalized spacial score (nSPS) is 11.1. The van der Waals surface area contributed by atoms with Crippen molar-refractivity contribution in [3.05, 3.63) is 131 Å². The van der Waals surface area contributed by atoms with Gasteiger partial charge in [-0.1, -0.05) is 91.0 Å². The van der Waals surface area contributed by atoms with E-state index in [0.717, 1.165) is 33.6 Å². The van der Waals surface area contributed by atoms with E-state index in [1.165, 1.54) is 11.3 Å². The number of hydrogen-bond acceptors (Lipinski definition) is 7. The summed E-state index contributed by atoms with van der Waals surface area (Å²) in [5.74, 6) is 0.336. The van der Waals surface area contributed by atoms with Gasteiger partial charge in [-0.25, -0.2) is 5.43 Å². The summed E-state index contributed by atoms with van der Waals surface area (Å²) in [5.41, 5.74) is 14.9. The lowest BCUT2D eigenvalue weighted by atomic mass is 9.96. The maximum atomic E-state index is 13.1.